The van der Waals surface area contributed by atoms with Crippen LogP contribution < -0.4 is 5.32 Å². The Bertz CT molecular complexity index is 863. The minimum absolute atomic E-state index is 0.308. The molecule has 0 aliphatic heterocycles. The summed E-state index contributed by atoms with van der Waals surface area (Å²) in [5, 5.41) is 6.97. The Morgan fingerprint density at radius 2 is 1.80 bits per heavy atom. The summed E-state index contributed by atoms with van der Waals surface area (Å²) in [5.41, 5.74) is 1.86. The van der Waals surface area contributed by atoms with E-state index in [1.165, 1.54) is 24.3 Å². The lowest BCUT2D eigenvalue weighted by molar-refractivity contribution is 0.102. The van der Waals surface area contributed by atoms with E-state index in [-0.39, 0.29) is 5.91 Å². The van der Waals surface area contributed by atoms with Gasteiger partial charge in [-0.15, -0.1) is 0 Å². The molecule has 8 heteroatoms. The number of nitrogens with one attached hydrogen (secondary N) is 1. The first-order valence-electron chi connectivity index (χ1n) is 7.33. The normalized spacial score (nSPS) is 10.9. The third kappa shape index (κ3) is 4.42. The van der Waals surface area contributed by atoms with Gasteiger partial charge < -0.3 is 5.32 Å². The van der Waals surface area contributed by atoms with Crippen LogP contribution in [0.5, 0.6) is 0 Å². The smallest absolute Gasteiger partial charge is 0.288 e. The lowest BCUT2D eigenvalue weighted by Crippen LogP contribution is -2.11. The maximum Gasteiger partial charge on any atom is 0.288 e. The molecule has 1 heterocycles. The highest BCUT2D eigenvalue weighted by Crippen LogP contribution is 2.25. The van der Waals surface area contributed by atoms with Crippen molar-refractivity contribution < 1.29 is 13.6 Å². The van der Waals surface area contributed by atoms with Gasteiger partial charge in [-0.25, -0.2) is 4.98 Å². The van der Waals surface area contributed by atoms with Crippen LogP contribution in [0.3, 0.4) is 0 Å². The first-order chi connectivity index (χ1) is 12.0. The van der Waals surface area contributed by atoms with Crippen molar-refractivity contribution in [2.45, 2.75) is 10.7 Å². The van der Waals surface area contributed by atoms with Gasteiger partial charge in [-0.1, -0.05) is 11.8 Å². The zero-order valence-electron chi connectivity index (χ0n) is 13.2. The highest BCUT2D eigenvalue weighted by atomic mass is 32.2. The van der Waals surface area contributed by atoms with E-state index < -0.39 is 5.76 Å². The molecule has 0 aliphatic carbocycles. The second-order valence-corrected chi connectivity index (χ2v) is 6.24. The lowest BCUT2D eigenvalue weighted by atomic mass is 10.1. The van der Waals surface area contributed by atoms with Gasteiger partial charge in [-0.3, -0.25) is 9.48 Å². The molecular weight excluding hydrogens is 346 g/mol. The summed E-state index contributed by atoms with van der Waals surface area (Å²) in [7, 11) is 1.79. The maximum absolute atomic E-state index is 12.3. The summed E-state index contributed by atoms with van der Waals surface area (Å²) in [6.07, 6.45) is 1.61. The number of carbonyl (C=O) groups is 1. The molecule has 3 aromatic rings. The number of carbonyl (C=O) groups excluding carboxylic acids is 1. The number of nitrogens with zero attached hydrogens (tertiary/aromatic N) is 3. The molecule has 2 aromatic carbocycles. The van der Waals surface area contributed by atoms with Gasteiger partial charge >= 0.3 is 0 Å². The Morgan fingerprint density at radius 3 is 2.36 bits per heavy atom. The highest BCUT2D eigenvalue weighted by Gasteiger charge is 2.09. The van der Waals surface area contributed by atoms with Gasteiger partial charge in [-0.05, 0) is 48.5 Å². The van der Waals surface area contributed by atoms with Crippen LogP contribution in [0.25, 0.3) is 11.4 Å². The van der Waals surface area contributed by atoms with Gasteiger partial charge in [0.2, 0.25) is 0 Å². The second kappa shape index (κ2) is 7.43. The monoisotopic (exact) mass is 360 g/mol. The van der Waals surface area contributed by atoms with E-state index in [4.69, 9.17) is 0 Å². The average molecular weight is 360 g/mol. The molecule has 128 valence electrons. The number of aromatic nitrogens is 3. The first-order valence-corrected chi connectivity index (χ1v) is 8.21. The van der Waals surface area contributed by atoms with Crippen LogP contribution in [0.15, 0.2) is 59.8 Å². The molecule has 0 saturated heterocycles. The Labute approximate surface area is 147 Å². The molecule has 0 spiro atoms. The Morgan fingerprint density at radius 1 is 1.12 bits per heavy atom. The molecule has 0 saturated carbocycles. The first kappa shape index (κ1) is 17.1. The van der Waals surface area contributed by atoms with Crippen molar-refractivity contribution in [2.24, 2.45) is 7.05 Å². The maximum atomic E-state index is 12.3. The van der Waals surface area contributed by atoms with E-state index in [1.807, 2.05) is 12.1 Å². The van der Waals surface area contributed by atoms with Crippen molar-refractivity contribution in [3.8, 4) is 11.4 Å². The van der Waals surface area contributed by atoms with Crippen LogP contribution in [0.2, 0.25) is 0 Å². The van der Waals surface area contributed by atoms with Crippen molar-refractivity contribution in [3.05, 3.63) is 60.4 Å². The molecule has 5 nitrogen and oxygen atoms in total. The van der Waals surface area contributed by atoms with E-state index in [2.05, 4.69) is 15.4 Å². The number of thioether (sulfide) groups is 1. The zero-order chi connectivity index (χ0) is 17.8. The minimum Gasteiger partial charge on any atom is -0.322 e. The molecule has 0 unspecified atom stereocenters. The molecule has 0 fully saturated rings. The fraction of sp³-hybridized carbons (Fsp3) is 0.118. The van der Waals surface area contributed by atoms with Crippen LogP contribution in [-0.2, 0) is 7.05 Å². The standard InChI is InChI=1S/C17H14F2N4OS/c1-23-10-20-15(22-23)11-2-6-13(7-3-11)21-16(24)12-4-8-14(9-5-12)25-17(18)19/h2-10,17H,1H3,(H,21,24). The summed E-state index contributed by atoms with van der Waals surface area (Å²) >= 11 is 0.445. The third-order valence-corrected chi connectivity index (χ3v) is 4.06. The van der Waals surface area contributed by atoms with Crippen molar-refractivity contribution in [2.75, 3.05) is 5.32 Å². The number of halogens is 2. The van der Waals surface area contributed by atoms with Gasteiger partial charge in [0.1, 0.15) is 6.33 Å². The Hall–Kier alpha value is -2.74. The van der Waals surface area contributed by atoms with E-state index in [1.54, 1.807) is 30.2 Å². The average Bonchev–Trinajstić information content (AvgIpc) is 3.02. The number of hydrogen-bond donors (Lipinski definition) is 1. The number of amides is 1. The number of anilines is 1. The summed E-state index contributed by atoms with van der Waals surface area (Å²) in [6, 6.07) is 13.2. The van der Waals surface area contributed by atoms with Crippen LogP contribution in [0.4, 0.5) is 14.5 Å². The molecule has 0 radical (unpaired) electrons. The number of benzene rings is 2. The summed E-state index contributed by atoms with van der Waals surface area (Å²) in [4.78, 5) is 16.8. The van der Waals surface area contributed by atoms with Gasteiger partial charge in [0.05, 0.1) is 0 Å². The van der Waals surface area contributed by atoms with Crippen LogP contribution in [-0.4, -0.2) is 26.4 Å². The Balaban J connectivity index is 1.66. The molecule has 3 rings (SSSR count). The lowest BCUT2D eigenvalue weighted by Gasteiger charge is -2.07. The van der Waals surface area contributed by atoms with E-state index in [0.29, 0.717) is 33.7 Å². The van der Waals surface area contributed by atoms with E-state index in [9.17, 15) is 13.6 Å². The molecule has 0 atom stereocenters. The largest absolute Gasteiger partial charge is 0.322 e. The summed E-state index contributed by atoms with van der Waals surface area (Å²) < 4.78 is 26.2. The molecule has 1 N–H and O–H groups in total. The minimum atomic E-state index is -2.48. The van der Waals surface area contributed by atoms with Crippen LogP contribution >= 0.6 is 11.8 Å². The number of aryl methyl sites for hydroxylation is 1. The second-order valence-electron chi connectivity index (χ2n) is 5.18. The number of alkyl halides is 2. The molecule has 0 aliphatic rings. The van der Waals surface area contributed by atoms with Crippen molar-refractivity contribution in [1.82, 2.24) is 14.8 Å². The topological polar surface area (TPSA) is 59.8 Å². The highest BCUT2D eigenvalue weighted by molar-refractivity contribution is 7.99. The quantitative estimate of drug-likeness (QED) is 0.698. The fourth-order valence-electron chi connectivity index (χ4n) is 2.17. The summed E-state index contributed by atoms with van der Waals surface area (Å²) in [6.45, 7) is 0. The molecular formula is C17H14F2N4OS. The fourth-order valence-corrected chi connectivity index (χ4v) is 2.66. The van der Waals surface area contributed by atoms with Crippen molar-refractivity contribution >= 4 is 23.4 Å². The predicted octanol–water partition coefficient (Wildman–Crippen LogP) is 4.05. The molecule has 1 aromatic heterocycles. The number of hydrogen-bond acceptors (Lipinski definition) is 4. The van der Waals surface area contributed by atoms with Gasteiger partial charge in [0.15, 0.2) is 5.82 Å². The van der Waals surface area contributed by atoms with E-state index in [0.717, 1.165) is 5.56 Å². The Kier molecular flexibility index (Phi) is 5.08. The van der Waals surface area contributed by atoms with Crippen LogP contribution in [0, 0.1) is 0 Å². The van der Waals surface area contributed by atoms with Gasteiger partial charge in [0, 0.05) is 28.8 Å². The SMILES string of the molecule is Cn1cnc(-c2ccc(NC(=O)c3ccc(SC(F)F)cc3)cc2)n1. The van der Waals surface area contributed by atoms with E-state index >= 15 is 0 Å². The van der Waals surface area contributed by atoms with Crippen molar-refractivity contribution in [3.63, 3.8) is 0 Å². The third-order valence-electron chi connectivity index (χ3n) is 3.34. The number of rotatable bonds is 5. The molecule has 0 bridgehead atoms. The summed E-state index contributed by atoms with van der Waals surface area (Å²) in [5.74, 6) is -2.18. The van der Waals surface area contributed by atoms with Gasteiger partial charge in [-0.2, -0.15) is 13.9 Å². The van der Waals surface area contributed by atoms with Gasteiger partial charge in [0.25, 0.3) is 11.7 Å². The zero-order valence-corrected chi connectivity index (χ0v) is 14.0. The molecule has 25 heavy (non-hydrogen) atoms. The molecule has 1 amide bonds. The predicted molar refractivity (Wildman–Crippen MR) is 92.7 cm³/mol. The van der Waals surface area contributed by atoms with Crippen LogP contribution in [0.1, 0.15) is 10.4 Å². The van der Waals surface area contributed by atoms with Crippen molar-refractivity contribution in [1.29, 1.82) is 0 Å².